The van der Waals surface area contributed by atoms with Gasteiger partial charge in [-0.25, -0.2) is 9.59 Å². The number of carbonyl (C=O) groups is 2. The summed E-state index contributed by atoms with van der Waals surface area (Å²) in [6, 6.07) is 8.36. The molecule has 7 nitrogen and oxygen atoms in total. The Kier molecular flexibility index (Phi) is 8.63. The Morgan fingerprint density at radius 1 is 1.23 bits per heavy atom. The summed E-state index contributed by atoms with van der Waals surface area (Å²) in [4.78, 5) is 23.3. The van der Waals surface area contributed by atoms with Gasteiger partial charge in [0.05, 0.1) is 20.3 Å². The largest absolute Gasteiger partial charge is 0.467 e. The van der Waals surface area contributed by atoms with E-state index >= 15 is 0 Å². The van der Waals surface area contributed by atoms with Gasteiger partial charge in [0, 0.05) is 6.54 Å². The molecular weight excluding hydrogens is 288 g/mol. The van der Waals surface area contributed by atoms with Crippen LogP contribution in [0.4, 0.5) is 4.79 Å². The van der Waals surface area contributed by atoms with Crippen LogP contribution in [0.3, 0.4) is 0 Å². The lowest BCUT2D eigenvalue weighted by Crippen LogP contribution is -2.45. The van der Waals surface area contributed by atoms with Crippen molar-refractivity contribution in [1.82, 2.24) is 10.6 Å². The number of hydrogen-bond donors (Lipinski definition) is 2. The van der Waals surface area contributed by atoms with Crippen LogP contribution in [0.5, 0.6) is 0 Å². The molecule has 0 fully saturated rings. The fourth-order valence-corrected chi connectivity index (χ4v) is 1.59. The van der Waals surface area contributed by atoms with Crippen molar-refractivity contribution in [3.63, 3.8) is 0 Å². The zero-order valence-electron chi connectivity index (χ0n) is 12.8. The molecule has 0 bridgehead atoms. The van der Waals surface area contributed by atoms with E-state index in [1.165, 1.54) is 7.11 Å². The minimum Gasteiger partial charge on any atom is -0.467 e. The van der Waals surface area contributed by atoms with Crippen LogP contribution in [0, 0.1) is 0 Å². The van der Waals surface area contributed by atoms with E-state index in [0.29, 0.717) is 13.2 Å². The predicted octanol–water partition coefficient (Wildman–Crippen LogP) is 0.690. The van der Waals surface area contributed by atoms with Gasteiger partial charge >= 0.3 is 12.1 Å². The first kappa shape index (κ1) is 17.9. The van der Waals surface area contributed by atoms with Gasteiger partial charge in [-0.1, -0.05) is 30.3 Å². The lowest BCUT2D eigenvalue weighted by atomic mass is 10.2. The van der Waals surface area contributed by atoms with Gasteiger partial charge in [0.1, 0.15) is 6.61 Å². The third-order valence-corrected chi connectivity index (χ3v) is 2.77. The molecule has 0 radical (unpaired) electrons. The lowest BCUT2D eigenvalue weighted by Gasteiger charge is -2.16. The molecule has 1 aromatic rings. The molecular formula is C15H22N2O5. The Balaban J connectivity index is 2.39. The number of likely N-dealkylation sites (N-methyl/N-ethyl adjacent to an activating group) is 1. The van der Waals surface area contributed by atoms with E-state index < -0.39 is 18.1 Å². The average molecular weight is 310 g/mol. The maximum absolute atomic E-state index is 11.7. The summed E-state index contributed by atoms with van der Waals surface area (Å²) in [6.07, 6.45) is -0.698. The molecule has 1 rings (SSSR count). The fourth-order valence-electron chi connectivity index (χ4n) is 1.59. The van der Waals surface area contributed by atoms with Crippen molar-refractivity contribution < 1.29 is 23.8 Å². The van der Waals surface area contributed by atoms with Crippen LogP contribution in [0.25, 0.3) is 0 Å². The standard InChI is InChI=1S/C15H22N2O5/c1-16-8-9-21-11-13(14(18)20-2)17-15(19)22-10-12-6-4-3-5-7-12/h3-7,13,16H,8-11H2,1-2H3,(H,17,19). The molecule has 0 aromatic heterocycles. The zero-order valence-corrected chi connectivity index (χ0v) is 12.8. The molecule has 0 saturated carbocycles. The van der Waals surface area contributed by atoms with Crippen LogP contribution in [0.15, 0.2) is 30.3 Å². The van der Waals surface area contributed by atoms with E-state index in [9.17, 15) is 9.59 Å². The van der Waals surface area contributed by atoms with Gasteiger partial charge < -0.3 is 24.8 Å². The average Bonchev–Trinajstić information content (AvgIpc) is 2.56. The van der Waals surface area contributed by atoms with Crippen molar-refractivity contribution in [3.8, 4) is 0 Å². The van der Waals surface area contributed by atoms with Crippen molar-refractivity contribution in [2.45, 2.75) is 12.6 Å². The van der Waals surface area contributed by atoms with E-state index in [2.05, 4.69) is 15.4 Å². The summed E-state index contributed by atoms with van der Waals surface area (Å²) >= 11 is 0. The van der Waals surface area contributed by atoms with E-state index in [1.807, 2.05) is 30.3 Å². The van der Waals surface area contributed by atoms with Crippen molar-refractivity contribution in [2.24, 2.45) is 0 Å². The number of benzene rings is 1. The highest BCUT2D eigenvalue weighted by Crippen LogP contribution is 2.01. The molecule has 22 heavy (non-hydrogen) atoms. The summed E-state index contributed by atoms with van der Waals surface area (Å²) in [5.41, 5.74) is 0.859. The summed E-state index contributed by atoms with van der Waals surface area (Å²) in [5.74, 6) is -0.582. The van der Waals surface area contributed by atoms with Crippen molar-refractivity contribution >= 4 is 12.1 Å². The highest BCUT2D eigenvalue weighted by Gasteiger charge is 2.22. The van der Waals surface area contributed by atoms with Crippen molar-refractivity contribution in [2.75, 3.05) is 33.9 Å². The first-order valence-corrected chi connectivity index (χ1v) is 6.94. The van der Waals surface area contributed by atoms with Gasteiger partial charge in [-0.15, -0.1) is 0 Å². The minimum atomic E-state index is -0.898. The number of methoxy groups -OCH3 is 1. The number of amides is 1. The molecule has 0 spiro atoms. The second-order valence-corrected chi connectivity index (χ2v) is 4.46. The molecule has 7 heteroatoms. The molecule has 0 heterocycles. The third kappa shape index (κ3) is 7.05. The first-order valence-electron chi connectivity index (χ1n) is 6.94. The minimum absolute atomic E-state index is 0.0226. The summed E-state index contributed by atoms with van der Waals surface area (Å²) in [5, 5.41) is 5.34. The van der Waals surface area contributed by atoms with E-state index in [0.717, 1.165) is 5.56 Å². The first-order chi connectivity index (χ1) is 10.7. The Bertz CT molecular complexity index is 453. The molecule has 1 unspecified atom stereocenters. The summed E-state index contributed by atoms with van der Waals surface area (Å²) in [6.45, 7) is 1.22. The maximum Gasteiger partial charge on any atom is 0.408 e. The summed E-state index contributed by atoms with van der Waals surface area (Å²) in [7, 11) is 3.04. The quantitative estimate of drug-likeness (QED) is 0.515. The van der Waals surface area contributed by atoms with Gasteiger partial charge in [0.2, 0.25) is 0 Å². The monoisotopic (exact) mass is 310 g/mol. The normalized spacial score (nSPS) is 11.5. The van der Waals surface area contributed by atoms with Gasteiger partial charge in [-0.3, -0.25) is 0 Å². The molecule has 1 aromatic carbocycles. The van der Waals surface area contributed by atoms with Crippen LogP contribution in [0.1, 0.15) is 5.56 Å². The second kappa shape index (κ2) is 10.6. The third-order valence-electron chi connectivity index (χ3n) is 2.77. The number of esters is 1. The Morgan fingerprint density at radius 2 is 1.95 bits per heavy atom. The van der Waals surface area contributed by atoms with Crippen LogP contribution in [0.2, 0.25) is 0 Å². The Labute approximate surface area is 129 Å². The molecule has 2 N–H and O–H groups in total. The SMILES string of the molecule is CNCCOCC(NC(=O)OCc1ccccc1)C(=O)OC. The topological polar surface area (TPSA) is 85.9 Å². The van der Waals surface area contributed by atoms with Crippen LogP contribution in [-0.2, 0) is 25.6 Å². The number of ether oxygens (including phenoxy) is 3. The van der Waals surface area contributed by atoms with Crippen LogP contribution >= 0.6 is 0 Å². The fraction of sp³-hybridized carbons (Fsp3) is 0.467. The molecule has 1 atom stereocenters. The van der Waals surface area contributed by atoms with E-state index in [4.69, 9.17) is 9.47 Å². The molecule has 0 aliphatic heterocycles. The number of alkyl carbamates (subject to hydrolysis) is 1. The maximum atomic E-state index is 11.7. The van der Waals surface area contributed by atoms with Gasteiger partial charge in [-0.05, 0) is 12.6 Å². The van der Waals surface area contributed by atoms with Crippen molar-refractivity contribution in [1.29, 1.82) is 0 Å². The molecule has 0 saturated heterocycles. The predicted molar refractivity (Wildman–Crippen MR) is 80.3 cm³/mol. The number of rotatable bonds is 9. The highest BCUT2D eigenvalue weighted by atomic mass is 16.6. The highest BCUT2D eigenvalue weighted by molar-refractivity contribution is 5.81. The molecule has 0 aliphatic rings. The van der Waals surface area contributed by atoms with Crippen molar-refractivity contribution in [3.05, 3.63) is 35.9 Å². The molecule has 122 valence electrons. The van der Waals surface area contributed by atoms with Gasteiger partial charge in [0.25, 0.3) is 0 Å². The van der Waals surface area contributed by atoms with E-state index in [1.54, 1.807) is 7.05 Å². The Hall–Kier alpha value is -2.12. The molecule has 1 amide bonds. The van der Waals surface area contributed by atoms with Gasteiger partial charge in [-0.2, -0.15) is 0 Å². The number of nitrogens with one attached hydrogen (secondary N) is 2. The zero-order chi connectivity index (χ0) is 16.2. The summed E-state index contributed by atoms with van der Waals surface area (Å²) < 4.78 is 15.0. The molecule has 0 aliphatic carbocycles. The number of carbonyl (C=O) groups excluding carboxylic acids is 2. The van der Waals surface area contributed by atoms with Gasteiger partial charge in [0.15, 0.2) is 6.04 Å². The second-order valence-electron chi connectivity index (χ2n) is 4.46. The number of hydrogen-bond acceptors (Lipinski definition) is 6. The van der Waals surface area contributed by atoms with Crippen LogP contribution < -0.4 is 10.6 Å². The van der Waals surface area contributed by atoms with E-state index in [-0.39, 0.29) is 13.2 Å². The van der Waals surface area contributed by atoms with Crippen LogP contribution in [-0.4, -0.2) is 52.0 Å². The lowest BCUT2D eigenvalue weighted by molar-refractivity contribution is -0.144. The smallest absolute Gasteiger partial charge is 0.408 e. The Morgan fingerprint density at radius 3 is 2.59 bits per heavy atom.